The van der Waals surface area contributed by atoms with Gasteiger partial charge in [-0.15, -0.1) is 0 Å². The van der Waals surface area contributed by atoms with Crippen molar-refractivity contribution in [2.24, 2.45) is 7.05 Å². The Labute approximate surface area is 145 Å². The predicted octanol–water partition coefficient (Wildman–Crippen LogP) is 1.47. The van der Waals surface area contributed by atoms with Crippen LogP contribution < -0.4 is 16.0 Å². The number of urea groups is 1. The van der Waals surface area contributed by atoms with Crippen molar-refractivity contribution in [2.45, 2.75) is 19.4 Å². The highest BCUT2D eigenvalue weighted by molar-refractivity contribution is 5.75. The summed E-state index contributed by atoms with van der Waals surface area (Å²) in [5, 5.41) is 8.10. The lowest BCUT2D eigenvalue weighted by molar-refractivity contribution is -0.118. The summed E-state index contributed by atoms with van der Waals surface area (Å²) < 4.78 is 15.9. The summed E-state index contributed by atoms with van der Waals surface area (Å²) in [5.41, 5.74) is 0.338. The van der Waals surface area contributed by atoms with Gasteiger partial charge in [-0.05, 0) is 12.5 Å². The van der Waals surface area contributed by atoms with E-state index in [1.54, 1.807) is 42.2 Å². The second-order valence-corrected chi connectivity index (χ2v) is 5.59. The Morgan fingerprint density at radius 2 is 1.96 bits per heavy atom. The van der Waals surface area contributed by atoms with Gasteiger partial charge < -0.3 is 20.5 Å². The molecule has 7 nitrogen and oxygen atoms in total. The van der Waals surface area contributed by atoms with Crippen LogP contribution >= 0.6 is 0 Å². The van der Waals surface area contributed by atoms with Crippen LogP contribution in [0, 0.1) is 5.82 Å². The number of nitrogens with zero attached hydrogens (tertiary/aromatic N) is 2. The van der Waals surface area contributed by atoms with E-state index in [0.29, 0.717) is 30.9 Å². The molecule has 25 heavy (non-hydrogen) atoms. The summed E-state index contributed by atoms with van der Waals surface area (Å²) in [6.45, 7) is 2.30. The number of rotatable bonds is 7. The highest BCUT2D eigenvalue weighted by Gasteiger charge is 2.23. The van der Waals surface area contributed by atoms with Crippen LogP contribution in [0.1, 0.15) is 30.8 Å². The topological polar surface area (TPSA) is 88.1 Å². The largest absolute Gasteiger partial charge is 0.356 e. The molecular formula is C17H22FN5O2. The molecule has 0 bridgehead atoms. The first kappa shape index (κ1) is 18.4. The molecule has 2 aromatic rings. The van der Waals surface area contributed by atoms with Crippen molar-refractivity contribution in [1.82, 2.24) is 25.5 Å². The standard InChI is InChI=1S/C17H22FN5O2/c1-12(24)19-8-5-9-21-17(25)22-15(16-20-10-11-23(16)2)13-6-3-4-7-14(13)18/h3-4,6-7,10-11,15H,5,8-9H2,1-2H3,(H,19,24)(H2,21,22,25). The van der Waals surface area contributed by atoms with E-state index in [-0.39, 0.29) is 5.91 Å². The minimum absolute atomic E-state index is 0.112. The summed E-state index contributed by atoms with van der Waals surface area (Å²) in [5.74, 6) is -0.00111. The van der Waals surface area contributed by atoms with Gasteiger partial charge in [0.2, 0.25) is 5.91 Å². The third-order valence-corrected chi connectivity index (χ3v) is 3.62. The number of imidazole rings is 1. The Balaban J connectivity index is 2.02. The Kier molecular flexibility index (Phi) is 6.50. The summed E-state index contributed by atoms with van der Waals surface area (Å²) in [6, 6.07) is 5.12. The highest BCUT2D eigenvalue weighted by Crippen LogP contribution is 2.22. The smallest absolute Gasteiger partial charge is 0.315 e. The molecule has 0 spiro atoms. The molecule has 1 aromatic carbocycles. The number of amides is 3. The van der Waals surface area contributed by atoms with E-state index in [9.17, 15) is 14.0 Å². The zero-order chi connectivity index (χ0) is 18.2. The number of benzene rings is 1. The van der Waals surface area contributed by atoms with Crippen LogP contribution in [0.25, 0.3) is 0 Å². The van der Waals surface area contributed by atoms with Gasteiger partial charge in [0.1, 0.15) is 17.7 Å². The molecule has 0 radical (unpaired) electrons. The normalized spacial score (nSPS) is 11.6. The lowest BCUT2D eigenvalue weighted by Gasteiger charge is -2.20. The minimum atomic E-state index is -0.712. The molecule has 3 amide bonds. The van der Waals surface area contributed by atoms with Crippen LogP contribution in [0.5, 0.6) is 0 Å². The van der Waals surface area contributed by atoms with Crippen LogP contribution in [0.15, 0.2) is 36.7 Å². The second-order valence-electron chi connectivity index (χ2n) is 5.59. The van der Waals surface area contributed by atoms with Crippen LogP contribution in [-0.4, -0.2) is 34.6 Å². The van der Waals surface area contributed by atoms with Gasteiger partial charge in [-0.3, -0.25) is 4.79 Å². The Morgan fingerprint density at radius 1 is 1.24 bits per heavy atom. The molecule has 0 aliphatic carbocycles. The number of carbonyl (C=O) groups excluding carboxylic acids is 2. The first-order chi connectivity index (χ1) is 12.0. The SMILES string of the molecule is CC(=O)NCCCNC(=O)NC(c1ccccc1F)c1nccn1C. The molecule has 0 fully saturated rings. The number of carbonyl (C=O) groups is 2. The van der Waals surface area contributed by atoms with Crippen molar-refractivity contribution in [3.8, 4) is 0 Å². The molecular weight excluding hydrogens is 325 g/mol. The van der Waals surface area contributed by atoms with Crippen LogP contribution in [0.2, 0.25) is 0 Å². The van der Waals surface area contributed by atoms with E-state index < -0.39 is 17.9 Å². The number of aromatic nitrogens is 2. The molecule has 1 unspecified atom stereocenters. The van der Waals surface area contributed by atoms with Crippen molar-refractivity contribution in [2.75, 3.05) is 13.1 Å². The molecule has 8 heteroatoms. The third-order valence-electron chi connectivity index (χ3n) is 3.62. The van der Waals surface area contributed by atoms with E-state index >= 15 is 0 Å². The summed E-state index contributed by atoms with van der Waals surface area (Å²) >= 11 is 0. The van der Waals surface area contributed by atoms with Crippen LogP contribution in [0.4, 0.5) is 9.18 Å². The van der Waals surface area contributed by atoms with Crippen molar-refractivity contribution in [1.29, 1.82) is 0 Å². The number of halogens is 1. The van der Waals surface area contributed by atoms with Gasteiger partial charge in [0, 0.05) is 45.0 Å². The lowest BCUT2D eigenvalue weighted by Crippen LogP contribution is -2.40. The summed E-state index contributed by atoms with van der Waals surface area (Å²) in [6.07, 6.45) is 3.92. The number of aryl methyl sites for hydroxylation is 1. The second kappa shape index (κ2) is 8.81. The summed E-state index contributed by atoms with van der Waals surface area (Å²) in [4.78, 5) is 27.2. The number of nitrogens with one attached hydrogen (secondary N) is 3. The molecule has 0 aliphatic rings. The Hall–Kier alpha value is -2.90. The minimum Gasteiger partial charge on any atom is -0.356 e. The molecule has 0 saturated heterocycles. The van der Waals surface area contributed by atoms with Gasteiger partial charge in [0.25, 0.3) is 0 Å². The van der Waals surface area contributed by atoms with Gasteiger partial charge in [-0.25, -0.2) is 14.2 Å². The zero-order valence-corrected chi connectivity index (χ0v) is 14.3. The van der Waals surface area contributed by atoms with Gasteiger partial charge in [0.15, 0.2) is 0 Å². The molecule has 3 N–H and O–H groups in total. The number of hydrogen-bond acceptors (Lipinski definition) is 3. The maximum atomic E-state index is 14.2. The van der Waals surface area contributed by atoms with E-state index in [2.05, 4.69) is 20.9 Å². The first-order valence-electron chi connectivity index (χ1n) is 7.99. The van der Waals surface area contributed by atoms with Crippen molar-refractivity contribution in [3.05, 3.63) is 53.9 Å². The first-order valence-corrected chi connectivity index (χ1v) is 7.99. The van der Waals surface area contributed by atoms with Gasteiger partial charge in [-0.2, -0.15) is 0 Å². The molecule has 2 rings (SSSR count). The van der Waals surface area contributed by atoms with Crippen LogP contribution in [-0.2, 0) is 11.8 Å². The average Bonchev–Trinajstić information content (AvgIpc) is 2.98. The van der Waals surface area contributed by atoms with E-state index in [1.807, 2.05) is 0 Å². The summed E-state index contributed by atoms with van der Waals surface area (Å²) in [7, 11) is 1.78. The van der Waals surface area contributed by atoms with E-state index in [4.69, 9.17) is 0 Å². The molecule has 1 atom stereocenters. The van der Waals surface area contributed by atoms with E-state index in [0.717, 1.165) is 0 Å². The quantitative estimate of drug-likeness (QED) is 0.663. The third kappa shape index (κ3) is 5.30. The maximum absolute atomic E-state index is 14.2. The van der Waals surface area contributed by atoms with Crippen molar-refractivity contribution < 1.29 is 14.0 Å². The lowest BCUT2D eigenvalue weighted by atomic mass is 10.1. The Bertz CT molecular complexity index is 731. The van der Waals surface area contributed by atoms with Crippen molar-refractivity contribution in [3.63, 3.8) is 0 Å². The molecule has 134 valence electrons. The molecule has 0 aliphatic heterocycles. The fourth-order valence-electron chi connectivity index (χ4n) is 2.38. The molecule has 1 aromatic heterocycles. The fraction of sp³-hybridized carbons (Fsp3) is 0.353. The fourth-order valence-corrected chi connectivity index (χ4v) is 2.38. The monoisotopic (exact) mass is 347 g/mol. The average molecular weight is 347 g/mol. The molecule has 1 heterocycles. The molecule has 0 saturated carbocycles. The predicted molar refractivity (Wildman–Crippen MR) is 91.3 cm³/mol. The highest BCUT2D eigenvalue weighted by atomic mass is 19.1. The van der Waals surface area contributed by atoms with Gasteiger partial charge in [-0.1, -0.05) is 18.2 Å². The van der Waals surface area contributed by atoms with Gasteiger partial charge >= 0.3 is 6.03 Å². The Morgan fingerprint density at radius 3 is 2.60 bits per heavy atom. The maximum Gasteiger partial charge on any atom is 0.315 e. The van der Waals surface area contributed by atoms with E-state index in [1.165, 1.54) is 13.0 Å². The van der Waals surface area contributed by atoms with Crippen LogP contribution in [0.3, 0.4) is 0 Å². The van der Waals surface area contributed by atoms with Crippen molar-refractivity contribution >= 4 is 11.9 Å². The number of hydrogen-bond donors (Lipinski definition) is 3. The zero-order valence-electron chi connectivity index (χ0n) is 14.3. The van der Waals surface area contributed by atoms with Gasteiger partial charge in [0.05, 0.1) is 0 Å².